The Morgan fingerprint density at radius 1 is 1.54 bits per heavy atom. The lowest BCUT2D eigenvalue weighted by Gasteiger charge is -2.28. The predicted octanol–water partition coefficient (Wildman–Crippen LogP) is 1.17. The van der Waals surface area contributed by atoms with E-state index in [-0.39, 0.29) is 0 Å². The number of anilines is 1. The second-order valence-electron chi connectivity index (χ2n) is 3.25. The Morgan fingerprint density at radius 3 is 2.77 bits per heavy atom. The van der Waals surface area contributed by atoms with Crippen LogP contribution in [0.3, 0.4) is 0 Å². The van der Waals surface area contributed by atoms with Crippen molar-refractivity contribution in [1.82, 2.24) is 5.32 Å². The lowest BCUT2D eigenvalue weighted by atomic mass is 9.96. The molecular weight excluding hydrogens is 162 g/mol. The Hall–Kier alpha value is -1.53. The molecule has 13 heavy (non-hydrogen) atoms. The molecule has 1 aliphatic rings. The molecule has 3 N–H and O–H groups in total. The zero-order valence-corrected chi connectivity index (χ0v) is 7.25. The van der Waals surface area contributed by atoms with Gasteiger partial charge in [-0.3, -0.25) is 0 Å². The van der Waals surface area contributed by atoms with Gasteiger partial charge < -0.3 is 11.1 Å². The number of nitrogens with two attached hydrogens (primary N) is 1. The zero-order chi connectivity index (χ0) is 9.26. The van der Waals surface area contributed by atoms with Crippen molar-refractivity contribution in [3.8, 4) is 6.07 Å². The van der Waals surface area contributed by atoms with Gasteiger partial charge in [-0.25, -0.2) is 0 Å². The van der Waals surface area contributed by atoms with Crippen molar-refractivity contribution < 1.29 is 0 Å². The summed E-state index contributed by atoms with van der Waals surface area (Å²) in [7, 11) is 0. The summed E-state index contributed by atoms with van der Waals surface area (Å²) in [5.41, 5.74) is 8.02. The monoisotopic (exact) mass is 173 g/mol. The summed E-state index contributed by atoms with van der Waals surface area (Å²) in [4.78, 5) is 0. The molecule has 0 spiro atoms. The van der Waals surface area contributed by atoms with E-state index in [4.69, 9.17) is 11.0 Å². The van der Waals surface area contributed by atoms with Gasteiger partial charge in [0.25, 0.3) is 0 Å². The number of benzene rings is 1. The van der Waals surface area contributed by atoms with Crippen LogP contribution in [0, 0.1) is 11.3 Å². The molecule has 1 heterocycles. The van der Waals surface area contributed by atoms with Crippen LogP contribution in [-0.4, -0.2) is 6.54 Å². The number of rotatable bonds is 1. The SMILES string of the molecule is N#Cc1ccc([C@@H]2CCN2)cc1N. The Kier molecular flexibility index (Phi) is 1.91. The van der Waals surface area contributed by atoms with Crippen molar-refractivity contribution in [2.45, 2.75) is 12.5 Å². The zero-order valence-electron chi connectivity index (χ0n) is 7.25. The molecule has 1 saturated heterocycles. The lowest BCUT2D eigenvalue weighted by molar-refractivity contribution is 0.383. The molecule has 3 heteroatoms. The minimum absolute atomic E-state index is 0.440. The maximum atomic E-state index is 8.67. The maximum absolute atomic E-state index is 8.67. The topological polar surface area (TPSA) is 61.8 Å². The van der Waals surface area contributed by atoms with Gasteiger partial charge in [-0.15, -0.1) is 0 Å². The molecular formula is C10H11N3. The molecule has 0 radical (unpaired) electrons. The van der Waals surface area contributed by atoms with Gasteiger partial charge in [0.2, 0.25) is 0 Å². The molecule has 0 bridgehead atoms. The van der Waals surface area contributed by atoms with Gasteiger partial charge in [-0.1, -0.05) is 6.07 Å². The normalized spacial score (nSPS) is 20.4. The number of nitriles is 1. The number of hydrogen-bond acceptors (Lipinski definition) is 3. The van der Waals surface area contributed by atoms with Crippen LogP contribution in [0.2, 0.25) is 0 Å². The Balaban J connectivity index is 2.30. The minimum atomic E-state index is 0.440. The number of hydrogen-bond donors (Lipinski definition) is 2. The van der Waals surface area contributed by atoms with Crippen LogP contribution < -0.4 is 11.1 Å². The Bertz CT molecular complexity index is 361. The quantitative estimate of drug-likeness (QED) is 0.627. The van der Waals surface area contributed by atoms with Crippen LogP contribution in [-0.2, 0) is 0 Å². The molecule has 0 aliphatic carbocycles. The predicted molar refractivity (Wildman–Crippen MR) is 50.9 cm³/mol. The molecule has 0 unspecified atom stereocenters. The van der Waals surface area contributed by atoms with E-state index in [1.165, 1.54) is 5.56 Å². The van der Waals surface area contributed by atoms with E-state index in [1.807, 2.05) is 12.1 Å². The van der Waals surface area contributed by atoms with Crippen LogP contribution >= 0.6 is 0 Å². The third-order valence-corrected chi connectivity index (χ3v) is 2.42. The van der Waals surface area contributed by atoms with Crippen LogP contribution in [0.1, 0.15) is 23.6 Å². The highest BCUT2D eigenvalue weighted by atomic mass is 15.0. The number of nitrogens with zero attached hydrogens (tertiary/aromatic N) is 1. The van der Waals surface area contributed by atoms with Crippen molar-refractivity contribution in [2.24, 2.45) is 0 Å². The summed E-state index contributed by atoms with van der Waals surface area (Å²) in [6.07, 6.45) is 1.16. The van der Waals surface area contributed by atoms with Gasteiger partial charge in [0, 0.05) is 11.7 Å². The molecule has 3 nitrogen and oxygen atoms in total. The van der Waals surface area contributed by atoms with Gasteiger partial charge in [0.15, 0.2) is 0 Å². The van der Waals surface area contributed by atoms with E-state index in [1.54, 1.807) is 6.07 Å². The molecule has 0 amide bonds. The van der Waals surface area contributed by atoms with Gasteiger partial charge in [-0.2, -0.15) is 5.26 Å². The molecule has 0 saturated carbocycles. The van der Waals surface area contributed by atoms with Gasteiger partial charge in [0.05, 0.1) is 5.56 Å². The summed E-state index contributed by atoms with van der Waals surface area (Å²) < 4.78 is 0. The lowest BCUT2D eigenvalue weighted by Crippen LogP contribution is -2.34. The Labute approximate surface area is 77.2 Å². The summed E-state index contributed by atoms with van der Waals surface area (Å²) in [5, 5.41) is 12.0. The number of nitrogens with one attached hydrogen (secondary N) is 1. The standard InChI is InChI=1S/C10H11N3/c11-6-8-2-1-7(5-9(8)12)10-3-4-13-10/h1-2,5,10,13H,3-4,12H2/t10-/m0/s1. The highest BCUT2D eigenvalue weighted by Crippen LogP contribution is 2.25. The van der Waals surface area contributed by atoms with Crippen molar-refractivity contribution in [1.29, 1.82) is 5.26 Å². The molecule has 1 aromatic carbocycles. The average molecular weight is 173 g/mol. The largest absolute Gasteiger partial charge is 0.398 e. The fourth-order valence-corrected chi connectivity index (χ4v) is 1.47. The highest BCUT2D eigenvalue weighted by molar-refractivity contribution is 5.55. The molecule has 1 atom stereocenters. The van der Waals surface area contributed by atoms with Gasteiger partial charge in [-0.05, 0) is 30.7 Å². The maximum Gasteiger partial charge on any atom is 0.101 e. The van der Waals surface area contributed by atoms with Crippen LogP contribution in [0.15, 0.2) is 18.2 Å². The van der Waals surface area contributed by atoms with Gasteiger partial charge >= 0.3 is 0 Å². The first-order valence-electron chi connectivity index (χ1n) is 4.34. The molecule has 1 fully saturated rings. The minimum Gasteiger partial charge on any atom is -0.398 e. The molecule has 1 aliphatic heterocycles. The van der Waals surface area contributed by atoms with E-state index in [9.17, 15) is 0 Å². The van der Waals surface area contributed by atoms with Crippen molar-refractivity contribution in [3.63, 3.8) is 0 Å². The first kappa shape index (κ1) is 8.09. The molecule has 2 rings (SSSR count). The highest BCUT2D eigenvalue weighted by Gasteiger charge is 2.18. The summed E-state index contributed by atoms with van der Waals surface area (Å²) >= 11 is 0. The van der Waals surface area contributed by atoms with Crippen LogP contribution in [0.4, 0.5) is 5.69 Å². The molecule has 0 aromatic heterocycles. The molecule has 1 aromatic rings. The van der Waals surface area contributed by atoms with E-state index in [0.717, 1.165) is 13.0 Å². The third-order valence-electron chi connectivity index (χ3n) is 2.42. The average Bonchev–Trinajstić information content (AvgIpc) is 2.01. The third kappa shape index (κ3) is 1.36. The van der Waals surface area contributed by atoms with Crippen LogP contribution in [0.5, 0.6) is 0 Å². The van der Waals surface area contributed by atoms with Crippen molar-refractivity contribution in [3.05, 3.63) is 29.3 Å². The second kappa shape index (κ2) is 3.08. The van der Waals surface area contributed by atoms with Gasteiger partial charge in [0.1, 0.15) is 6.07 Å². The Morgan fingerprint density at radius 2 is 2.31 bits per heavy atom. The fourth-order valence-electron chi connectivity index (χ4n) is 1.47. The van der Waals surface area contributed by atoms with E-state index >= 15 is 0 Å². The van der Waals surface area contributed by atoms with E-state index < -0.39 is 0 Å². The molecule has 66 valence electrons. The smallest absolute Gasteiger partial charge is 0.101 e. The summed E-state index contributed by atoms with van der Waals surface area (Å²) in [5.74, 6) is 0. The second-order valence-corrected chi connectivity index (χ2v) is 3.25. The van der Waals surface area contributed by atoms with E-state index in [2.05, 4.69) is 11.4 Å². The fraction of sp³-hybridized carbons (Fsp3) is 0.300. The van der Waals surface area contributed by atoms with Crippen molar-refractivity contribution >= 4 is 5.69 Å². The van der Waals surface area contributed by atoms with E-state index in [0.29, 0.717) is 17.3 Å². The summed E-state index contributed by atoms with van der Waals surface area (Å²) in [6, 6.07) is 8.12. The van der Waals surface area contributed by atoms with Crippen molar-refractivity contribution in [2.75, 3.05) is 12.3 Å². The first-order chi connectivity index (χ1) is 6.31. The first-order valence-corrected chi connectivity index (χ1v) is 4.34. The summed E-state index contributed by atoms with van der Waals surface area (Å²) in [6.45, 7) is 1.07. The number of nitrogen functional groups attached to an aromatic ring is 1. The van der Waals surface area contributed by atoms with Crippen LogP contribution in [0.25, 0.3) is 0 Å².